The number of carbonyl (C=O) groups excluding carboxylic acids is 1. The summed E-state index contributed by atoms with van der Waals surface area (Å²) in [6.07, 6.45) is 0.354. The quantitative estimate of drug-likeness (QED) is 0.692. The molecule has 1 amide bonds. The molecule has 1 aromatic carbocycles. The summed E-state index contributed by atoms with van der Waals surface area (Å²) in [6.45, 7) is 2.65. The number of benzene rings is 1. The number of hydrazine groups is 1. The Morgan fingerprint density at radius 1 is 1.21 bits per heavy atom. The highest BCUT2D eigenvalue weighted by atomic mass is 16.6. The smallest absolute Gasteiger partial charge is 0.224 e. The zero-order valence-electron chi connectivity index (χ0n) is 10.6. The van der Waals surface area contributed by atoms with E-state index in [0.29, 0.717) is 19.6 Å². The van der Waals surface area contributed by atoms with Crippen LogP contribution in [0.1, 0.15) is 5.56 Å². The summed E-state index contributed by atoms with van der Waals surface area (Å²) in [5.41, 5.74) is 6.89. The molecule has 6 nitrogen and oxygen atoms in total. The van der Waals surface area contributed by atoms with E-state index in [9.17, 15) is 4.79 Å². The lowest BCUT2D eigenvalue weighted by atomic mass is 10.1. The van der Waals surface area contributed by atoms with E-state index in [1.807, 2.05) is 18.2 Å². The van der Waals surface area contributed by atoms with Crippen molar-refractivity contribution in [3.8, 4) is 11.5 Å². The van der Waals surface area contributed by atoms with Crippen molar-refractivity contribution in [3.05, 3.63) is 23.8 Å². The van der Waals surface area contributed by atoms with Crippen LogP contribution in [0.3, 0.4) is 0 Å². The van der Waals surface area contributed by atoms with E-state index in [-0.39, 0.29) is 11.9 Å². The van der Waals surface area contributed by atoms with Gasteiger partial charge in [0.25, 0.3) is 0 Å². The summed E-state index contributed by atoms with van der Waals surface area (Å²) >= 11 is 0. The maximum Gasteiger partial charge on any atom is 0.224 e. The van der Waals surface area contributed by atoms with Gasteiger partial charge in [-0.15, -0.1) is 0 Å². The normalized spacial score (nSPS) is 18.3. The second-order valence-corrected chi connectivity index (χ2v) is 4.68. The molecule has 0 saturated carbocycles. The molecule has 19 heavy (non-hydrogen) atoms. The summed E-state index contributed by atoms with van der Waals surface area (Å²) in [4.78, 5) is 11.9. The number of amides is 1. The molecule has 0 unspecified atom stereocenters. The third-order valence-electron chi connectivity index (χ3n) is 3.16. The van der Waals surface area contributed by atoms with Gasteiger partial charge in [0.05, 0.1) is 12.5 Å². The minimum absolute atomic E-state index is 0.0205. The fourth-order valence-corrected chi connectivity index (χ4v) is 2.23. The van der Waals surface area contributed by atoms with Crippen LogP contribution in [-0.2, 0) is 11.2 Å². The highest BCUT2D eigenvalue weighted by molar-refractivity contribution is 5.79. The van der Waals surface area contributed by atoms with Crippen LogP contribution in [0.2, 0.25) is 0 Å². The molecule has 0 aliphatic carbocycles. The SMILES string of the molecule is O=C(Cc1ccc2c(c1)OCCO2)NC1CNNC1. The van der Waals surface area contributed by atoms with Gasteiger partial charge in [0.15, 0.2) is 11.5 Å². The third kappa shape index (κ3) is 2.97. The van der Waals surface area contributed by atoms with Crippen molar-refractivity contribution in [2.24, 2.45) is 0 Å². The van der Waals surface area contributed by atoms with Crippen molar-refractivity contribution < 1.29 is 14.3 Å². The number of fused-ring (bicyclic) bond motifs is 1. The molecule has 1 aromatic rings. The lowest BCUT2D eigenvalue weighted by Gasteiger charge is -2.19. The summed E-state index contributed by atoms with van der Waals surface area (Å²) in [6, 6.07) is 5.79. The van der Waals surface area contributed by atoms with Gasteiger partial charge in [0.2, 0.25) is 5.91 Å². The number of hydrogen-bond acceptors (Lipinski definition) is 5. The van der Waals surface area contributed by atoms with Gasteiger partial charge in [-0.2, -0.15) is 0 Å². The summed E-state index contributed by atoms with van der Waals surface area (Å²) < 4.78 is 11.0. The molecule has 0 bridgehead atoms. The fourth-order valence-electron chi connectivity index (χ4n) is 2.23. The molecule has 1 saturated heterocycles. The minimum Gasteiger partial charge on any atom is -0.486 e. The van der Waals surface area contributed by atoms with E-state index in [1.54, 1.807) is 0 Å². The first-order valence-corrected chi connectivity index (χ1v) is 6.45. The van der Waals surface area contributed by atoms with Gasteiger partial charge in [0, 0.05) is 13.1 Å². The van der Waals surface area contributed by atoms with Crippen LogP contribution in [0.5, 0.6) is 11.5 Å². The lowest BCUT2D eigenvalue weighted by molar-refractivity contribution is -0.120. The van der Waals surface area contributed by atoms with Crippen molar-refractivity contribution >= 4 is 5.91 Å². The molecule has 3 rings (SSSR count). The van der Waals surface area contributed by atoms with Crippen LogP contribution in [-0.4, -0.2) is 38.3 Å². The molecular formula is C13H17N3O3. The van der Waals surface area contributed by atoms with Crippen LogP contribution in [0.25, 0.3) is 0 Å². The maximum atomic E-state index is 11.9. The molecule has 102 valence electrons. The van der Waals surface area contributed by atoms with Crippen molar-refractivity contribution in [1.82, 2.24) is 16.2 Å². The molecule has 2 heterocycles. The van der Waals surface area contributed by atoms with E-state index in [1.165, 1.54) is 0 Å². The molecule has 0 spiro atoms. The van der Waals surface area contributed by atoms with Gasteiger partial charge in [-0.05, 0) is 17.7 Å². The largest absolute Gasteiger partial charge is 0.486 e. The zero-order chi connectivity index (χ0) is 13.1. The highest BCUT2D eigenvalue weighted by Crippen LogP contribution is 2.30. The molecule has 3 N–H and O–H groups in total. The number of nitrogens with one attached hydrogen (secondary N) is 3. The summed E-state index contributed by atoms with van der Waals surface area (Å²) in [7, 11) is 0. The van der Waals surface area contributed by atoms with Crippen molar-refractivity contribution in [3.63, 3.8) is 0 Å². The Bertz CT molecular complexity index is 472. The van der Waals surface area contributed by atoms with Crippen LogP contribution >= 0.6 is 0 Å². The third-order valence-corrected chi connectivity index (χ3v) is 3.16. The molecule has 6 heteroatoms. The van der Waals surface area contributed by atoms with Crippen molar-refractivity contribution in [2.45, 2.75) is 12.5 Å². The number of rotatable bonds is 3. The second kappa shape index (κ2) is 5.46. The topological polar surface area (TPSA) is 71.6 Å². The van der Waals surface area contributed by atoms with E-state index >= 15 is 0 Å². The monoisotopic (exact) mass is 263 g/mol. The molecule has 0 radical (unpaired) electrons. The summed E-state index contributed by atoms with van der Waals surface area (Å²) in [5.74, 6) is 1.49. The standard InChI is InChI=1S/C13H17N3O3/c17-13(16-10-7-14-15-8-10)6-9-1-2-11-12(5-9)19-4-3-18-11/h1-2,5,10,14-15H,3-4,6-8H2,(H,16,17). The summed E-state index contributed by atoms with van der Waals surface area (Å²) in [5, 5.41) is 2.97. The van der Waals surface area contributed by atoms with E-state index in [2.05, 4.69) is 16.2 Å². The number of carbonyl (C=O) groups is 1. The van der Waals surface area contributed by atoms with Gasteiger partial charge in [-0.1, -0.05) is 6.07 Å². The molecule has 1 fully saturated rings. The molecule has 0 aromatic heterocycles. The molecule has 2 aliphatic heterocycles. The van der Waals surface area contributed by atoms with Gasteiger partial charge in [-0.3, -0.25) is 15.6 Å². The average Bonchev–Trinajstić information content (AvgIpc) is 2.91. The van der Waals surface area contributed by atoms with Crippen molar-refractivity contribution in [1.29, 1.82) is 0 Å². The average molecular weight is 263 g/mol. The Morgan fingerprint density at radius 3 is 2.74 bits per heavy atom. The Morgan fingerprint density at radius 2 is 1.95 bits per heavy atom. The fraction of sp³-hybridized carbons (Fsp3) is 0.462. The predicted molar refractivity (Wildman–Crippen MR) is 69.1 cm³/mol. The van der Waals surface area contributed by atoms with E-state index in [0.717, 1.165) is 30.2 Å². The van der Waals surface area contributed by atoms with Crippen LogP contribution in [0.4, 0.5) is 0 Å². The number of hydrogen-bond donors (Lipinski definition) is 3. The highest BCUT2D eigenvalue weighted by Gasteiger charge is 2.17. The Balaban J connectivity index is 1.61. The first-order valence-electron chi connectivity index (χ1n) is 6.45. The van der Waals surface area contributed by atoms with Gasteiger partial charge in [0.1, 0.15) is 13.2 Å². The van der Waals surface area contributed by atoms with Gasteiger partial charge >= 0.3 is 0 Å². The van der Waals surface area contributed by atoms with E-state index in [4.69, 9.17) is 9.47 Å². The van der Waals surface area contributed by atoms with Gasteiger partial charge < -0.3 is 14.8 Å². The Labute approximate surface area is 111 Å². The van der Waals surface area contributed by atoms with Crippen molar-refractivity contribution in [2.75, 3.05) is 26.3 Å². The first kappa shape index (κ1) is 12.3. The Kier molecular flexibility index (Phi) is 3.52. The first-order chi connectivity index (χ1) is 9.31. The van der Waals surface area contributed by atoms with Crippen LogP contribution in [0, 0.1) is 0 Å². The van der Waals surface area contributed by atoms with Crippen LogP contribution in [0.15, 0.2) is 18.2 Å². The lowest BCUT2D eigenvalue weighted by Crippen LogP contribution is -2.39. The van der Waals surface area contributed by atoms with E-state index < -0.39 is 0 Å². The van der Waals surface area contributed by atoms with Gasteiger partial charge in [-0.25, -0.2) is 0 Å². The zero-order valence-corrected chi connectivity index (χ0v) is 10.6. The second-order valence-electron chi connectivity index (χ2n) is 4.68. The molecule has 2 aliphatic rings. The maximum absolute atomic E-state index is 11.9. The number of ether oxygens (including phenoxy) is 2. The van der Waals surface area contributed by atoms with Crippen LogP contribution < -0.4 is 25.6 Å². The predicted octanol–water partition coefficient (Wildman–Crippen LogP) is -0.407. The molecular weight excluding hydrogens is 246 g/mol. The Hall–Kier alpha value is -1.79. The molecule has 0 atom stereocenters. The minimum atomic E-state index is 0.0205.